The number of aromatic amines is 1. The average Bonchev–Trinajstić information content (AvgIpc) is 3.05. The third-order valence-corrected chi connectivity index (χ3v) is 4.76. The normalized spacial score (nSPS) is 11.0. The molecule has 6 nitrogen and oxygen atoms in total. The lowest BCUT2D eigenvalue weighted by Gasteiger charge is -2.06. The van der Waals surface area contributed by atoms with Crippen LogP contribution in [-0.4, -0.2) is 21.9 Å². The van der Waals surface area contributed by atoms with Gasteiger partial charge in [0.1, 0.15) is 5.75 Å². The van der Waals surface area contributed by atoms with Crippen LogP contribution in [0.3, 0.4) is 0 Å². The standard InChI is InChI=1S/C22H19N3O3/c23-22(28)18-3-1-2-17-16-10-7-14(12-19(16)25-21(17)18)24-20(27)11-6-13-4-8-15(26)9-5-13/h1-5,7-10,12,25-26H,6,11H2,(H2,23,28)(H,24,27). The number of hydrogen-bond acceptors (Lipinski definition) is 3. The number of primary amides is 1. The van der Waals surface area contributed by atoms with Crippen molar-refractivity contribution in [3.8, 4) is 5.75 Å². The number of amides is 2. The number of aryl methyl sites for hydroxylation is 1. The molecule has 5 N–H and O–H groups in total. The molecule has 2 amide bonds. The van der Waals surface area contributed by atoms with Crippen LogP contribution in [0.1, 0.15) is 22.3 Å². The molecule has 0 saturated carbocycles. The van der Waals surface area contributed by atoms with Gasteiger partial charge in [-0.15, -0.1) is 0 Å². The van der Waals surface area contributed by atoms with Gasteiger partial charge in [-0.05, 0) is 42.3 Å². The Morgan fingerprint density at radius 1 is 1.00 bits per heavy atom. The number of phenolic OH excluding ortho intramolecular Hbond substituents is 1. The number of H-pyrrole nitrogens is 1. The number of carbonyl (C=O) groups excluding carboxylic acids is 2. The summed E-state index contributed by atoms with van der Waals surface area (Å²) >= 11 is 0. The number of aromatic hydroxyl groups is 1. The number of anilines is 1. The highest BCUT2D eigenvalue weighted by Crippen LogP contribution is 2.29. The second-order valence-corrected chi connectivity index (χ2v) is 6.69. The van der Waals surface area contributed by atoms with Crippen molar-refractivity contribution >= 4 is 39.3 Å². The molecular weight excluding hydrogens is 354 g/mol. The Kier molecular flexibility index (Phi) is 4.45. The maximum Gasteiger partial charge on any atom is 0.250 e. The molecule has 1 aromatic heterocycles. The Hall–Kier alpha value is -3.80. The minimum absolute atomic E-state index is 0.0960. The van der Waals surface area contributed by atoms with Crippen molar-refractivity contribution in [2.24, 2.45) is 5.73 Å². The fourth-order valence-corrected chi connectivity index (χ4v) is 3.36. The minimum atomic E-state index is -0.486. The molecular formula is C22H19N3O3. The number of fused-ring (bicyclic) bond motifs is 3. The zero-order chi connectivity index (χ0) is 19.7. The highest BCUT2D eigenvalue weighted by molar-refractivity contribution is 6.15. The van der Waals surface area contributed by atoms with E-state index < -0.39 is 5.91 Å². The van der Waals surface area contributed by atoms with E-state index >= 15 is 0 Å². The Bertz CT molecular complexity index is 1190. The van der Waals surface area contributed by atoms with Crippen LogP contribution in [-0.2, 0) is 11.2 Å². The van der Waals surface area contributed by atoms with Gasteiger partial charge in [-0.3, -0.25) is 9.59 Å². The van der Waals surface area contributed by atoms with E-state index in [1.165, 1.54) is 0 Å². The van der Waals surface area contributed by atoms with Crippen LogP contribution in [0.2, 0.25) is 0 Å². The first-order valence-corrected chi connectivity index (χ1v) is 8.93. The molecule has 140 valence electrons. The summed E-state index contributed by atoms with van der Waals surface area (Å²) in [6.45, 7) is 0. The maximum absolute atomic E-state index is 12.3. The summed E-state index contributed by atoms with van der Waals surface area (Å²) < 4.78 is 0. The average molecular weight is 373 g/mol. The molecule has 0 aliphatic heterocycles. The quantitative estimate of drug-likeness (QED) is 0.428. The Balaban J connectivity index is 1.53. The smallest absolute Gasteiger partial charge is 0.250 e. The van der Waals surface area contributed by atoms with Crippen molar-refractivity contribution in [1.29, 1.82) is 0 Å². The number of carbonyl (C=O) groups is 2. The predicted octanol–water partition coefficient (Wildman–Crippen LogP) is 3.70. The largest absolute Gasteiger partial charge is 0.508 e. The molecule has 0 radical (unpaired) electrons. The predicted molar refractivity (Wildman–Crippen MR) is 109 cm³/mol. The molecule has 0 atom stereocenters. The lowest BCUT2D eigenvalue weighted by Crippen LogP contribution is -2.12. The van der Waals surface area contributed by atoms with Crippen molar-refractivity contribution < 1.29 is 14.7 Å². The molecule has 0 saturated heterocycles. The van der Waals surface area contributed by atoms with Crippen LogP contribution in [0.4, 0.5) is 5.69 Å². The van der Waals surface area contributed by atoms with Crippen molar-refractivity contribution in [3.05, 3.63) is 71.8 Å². The van der Waals surface area contributed by atoms with Crippen LogP contribution in [0, 0.1) is 0 Å². The fourth-order valence-electron chi connectivity index (χ4n) is 3.36. The number of hydrogen-bond donors (Lipinski definition) is 4. The van der Waals surface area contributed by atoms with E-state index in [1.54, 1.807) is 36.4 Å². The van der Waals surface area contributed by atoms with E-state index in [9.17, 15) is 14.7 Å². The van der Waals surface area contributed by atoms with E-state index in [2.05, 4.69) is 10.3 Å². The van der Waals surface area contributed by atoms with E-state index in [1.807, 2.05) is 24.3 Å². The molecule has 0 aliphatic carbocycles. The first kappa shape index (κ1) is 17.6. The van der Waals surface area contributed by atoms with Gasteiger partial charge >= 0.3 is 0 Å². The minimum Gasteiger partial charge on any atom is -0.508 e. The topological polar surface area (TPSA) is 108 Å². The molecule has 28 heavy (non-hydrogen) atoms. The van der Waals surface area contributed by atoms with Crippen molar-refractivity contribution in [2.75, 3.05) is 5.32 Å². The van der Waals surface area contributed by atoms with E-state index in [4.69, 9.17) is 5.73 Å². The van der Waals surface area contributed by atoms with Crippen LogP contribution >= 0.6 is 0 Å². The second-order valence-electron chi connectivity index (χ2n) is 6.69. The van der Waals surface area contributed by atoms with Crippen LogP contribution in [0.25, 0.3) is 21.8 Å². The van der Waals surface area contributed by atoms with Gasteiger partial charge in [0.25, 0.3) is 5.91 Å². The van der Waals surface area contributed by atoms with Crippen molar-refractivity contribution in [3.63, 3.8) is 0 Å². The van der Waals surface area contributed by atoms with Gasteiger partial charge in [-0.1, -0.05) is 30.3 Å². The lowest BCUT2D eigenvalue weighted by molar-refractivity contribution is -0.116. The number of nitrogens with two attached hydrogens (primary N) is 1. The van der Waals surface area contributed by atoms with Crippen LogP contribution in [0.15, 0.2) is 60.7 Å². The van der Waals surface area contributed by atoms with Gasteiger partial charge in [0.05, 0.1) is 11.1 Å². The number of para-hydroxylation sites is 1. The van der Waals surface area contributed by atoms with Crippen molar-refractivity contribution in [1.82, 2.24) is 4.98 Å². The number of nitrogens with one attached hydrogen (secondary N) is 2. The Labute approximate surface area is 161 Å². The molecule has 4 aromatic rings. The molecule has 0 fully saturated rings. The molecule has 6 heteroatoms. The number of rotatable bonds is 5. The second kappa shape index (κ2) is 7.08. The highest BCUT2D eigenvalue weighted by atomic mass is 16.3. The Morgan fingerprint density at radius 3 is 2.54 bits per heavy atom. The zero-order valence-corrected chi connectivity index (χ0v) is 15.0. The summed E-state index contributed by atoms with van der Waals surface area (Å²) in [4.78, 5) is 27.1. The first-order chi connectivity index (χ1) is 13.5. The van der Waals surface area contributed by atoms with Crippen LogP contribution < -0.4 is 11.1 Å². The molecule has 4 rings (SSSR count). The van der Waals surface area contributed by atoms with Gasteiger partial charge in [0.2, 0.25) is 5.91 Å². The lowest BCUT2D eigenvalue weighted by atomic mass is 10.1. The highest BCUT2D eigenvalue weighted by Gasteiger charge is 2.12. The number of aromatic nitrogens is 1. The molecule has 0 unspecified atom stereocenters. The molecule has 3 aromatic carbocycles. The summed E-state index contributed by atoms with van der Waals surface area (Å²) in [6, 6.07) is 17.8. The van der Waals surface area contributed by atoms with Gasteiger partial charge in [0, 0.05) is 28.4 Å². The Morgan fingerprint density at radius 2 is 1.79 bits per heavy atom. The number of phenols is 1. The summed E-state index contributed by atoms with van der Waals surface area (Å²) in [6.07, 6.45) is 0.921. The fraction of sp³-hybridized carbons (Fsp3) is 0.0909. The van der Waals surface area contributed by atoms with Gasteiger partial charge in [0.15, 0.2) is 0 Å². The SMILES string of the molecule is NC(=O)c1cccc2c1[nH]c1cc(NC(=O)CCc3ccc(O)cc3)ccc12. The molecule has 0 aliphatic rings. The van der Waals surface area contributed by atoms with Gasteiger partial charge < -0.3 is 21.1 Å². The molecule has 0 spiro atoms. The molecule has 0 bridgehead atoms. The monoisotopic (exact) mass is 373 g/mol. The zero-order valence-electron chi connectivity index (χ0n) is 15.0. The van der Waals surface area contributed by atoms with E-state index in [-0.39, 0.29) is 11.7 Å². The summed E-state index contributed by atoms with van der Waals surface area (Å²) in [7, 11) is 0. The first-order valence-electron chi connectivity index (χ1n) is 8.93. The third-order valence-electron chi connectivity index (χ3n) is 4.76. The third kappa shape index (κ3) is 3.40. The molecule has 1 heterocycles. The summed E-state index contributed by atoms with van der Waals surface area (Å²) in [5.41, 5.74) is 9.07. The maximum atomic E-state index is 12.3. The van der Waals surface area contributed by atoms with Gasteiger partial charge in [-0.2, -0.15) is 0 Å². The summed E-state index contributed by atoms with van der Waals surface area (Å²) in [5, 5.41) is 14.1. The van der Waals surface area contributed by atoms with Gasteiger partial charge in [-0.25, -0.2) is 0 Å². The van der Waals surface area contributed by atoms with Crippen LogP contribution in [0.5, 0.6) is 5.75 Å². The van der Waals surface area contributed by atoms with E-state index in [0.717, 1.165) is 21.9 Å². The van der Waals surface area contributed by atoms with E-state index in [0.29, 0.717) is 29.6 Å². The van der Waals surface area contributed by atoms with Crippen molar-refractivity contribution in [2.45, 2.75) is 12.8 Å². The summed E-state index contributed by atoms with van der Waals surface area (Å²) in [5.74, 6) is -0.374. The number of benzene rings is 3.